The predicted octanol–water partition coefficient (Wildman–Crippen LogP) is 1.89. The number of rotatable bonds is 5. The van der Waals surface area contributed by atoms with Crippen molar-refractivity contribution < 1.29 is 29.7 Å². The molecule has 1 heterocycles. The fourth-order valence-corrected chi connectivity index (χ4v) is 3.06. The highest BCUT2D eigenvalue weighted by molar-refractivity contribution is 6.05. The topological polar surface area (TPSA) is 158 Å². The maximum Gasteiger partial charge on any atom is 0.322 e. The minimum absolute atomic E-state index is 0.141. The Morgan fingerprint density at radius 3 is 1.91 bits per heavy atom. The predicted molar refractivity (Wildman–Crippen MR) is 121 cm³/mol. The maximum absolute atomic E-state index is 13.1. The zero-order chi connectivity index (χ0) is 25.3. The Kier molecular flexibility index (Phi) is 6.91. The summed E-state index contributed by atoms with van der Waals surface area (Å²) >= 11 is 0. The van der Waals surface area contributed by atoms with Crippen LogP contribution in [0.25, 0.3) is 5.69 Å². The summed E-state index contributed by atoms with van der Waals surface area (Å²) < 4.78 is 0.722. The number of nitrogens with zero attached hydrogens (tertiary/aromatic N) is 1. The third-order valence-electron chi connectivity index (χ3n) is 4.66. The molecule has 0 spiro atoms. The van der Waals surface area contributed by atoms with Crippen molar-refractivity contribution in [2.45, 2.75) is 52.5 Å². The molecular weight excluding hydrogens is 430 g/mol. The van der Waals surface area contributed by atoms with E-state index in [4.69, 9.17) is 5.11 Å². The highest BCUT2D eigenvalue weighted by atomic mass is 16.4. The molecule has 0 unspecified atom stereocenters. The number of aromatic hydroxyl groups is 2. The molecule has 0 saturated carbocycles. The maximum atomic E-state index is 13.1. The van der Waals surface area contributed by atoms with Crippen LogP contribution in [0.15, 0.2) is 29.1 Å². The van der Waals surface area contributed by atoms with Crippen LogP contribution < -0.4 is 16.2 Å². The lowest BCUT2D eigenvalue weighted by molar-refractivity contribution is -0.135. The standard InChI is InChI=1S/C23H29N3O7/c1-22(2,3)12-7-9-13(10-8-12)26-20(32)15(18(30)24-11-14(27)28)17(29)16(21(26)33)19(31)25-23(4,5)6/h7-10,29,33H,11H2,1-6H3,(H,24,30)(H,25,31)(H,27,28). The van der Waals surface area contributed by atoms with Crippen LogP contribution >= 0.6 is 0 Å². The van der Waals surface area contributed by atoms with E-state index in [1.54, 1.807) is 32.9 Å². The molecule has 0 bridgehead atoms. The molecule has 0 aliphatic heterocycles. The molecule has 0 aliphatic rings. The van der Waals surface area contributed by atoms with E-state index >= 15 is 0 Å². The van der Waals surface area contributed by atoms with Crippen molar-refractivity contribution in [2.24, 2.45) is 0 Å². The quantitative estimate of drug-likeness (QED) is 0.457. The molecule has 10 nitrogen and oxygen atoms in total. The molecule has 33 heavy (non-hydrogen) atoms. The summed E-state index contributed by atoms with van der Waals surface area (Å²) in [6.07, 6.45) is 0. The largest absolute Gasteiger partial charge is 0.506 e. The Hall–Kier alpha value is -3.82. The van der Waals surface area contributed by atoms with Crippen LogP contribution in [0.5, 0.6) is 11.6 Å². The fourth-order valence-electron chi connectivity index (χ4n) is 3.06. The zero-order valence-electron chi connectivity index (χ0n) is 19.4. The van der Waals surface area contributed by atoms with Gasteiger partial charge in [0.2, 0.25) is 5.88 Å². The molecule has 2 rings (SSSR count). The summed E-state index contributed by atoms with van der Waals surface area (Å²) in [6, 6.07) is 6.52. The molecule has 0 saturated heterocycles. The van der Waals surface area contributed by atoms with Gasteiger partial charge in [-0.05, 0) is 43.9 Å². The number of hydrogen-bond donors (Lipinski definition) is 5. The summed E-state index contributed by atoms with van der Waals surface area (Å²) in [5, 5.41) is 34.9. The molecule has 0 radical (unpaired) electrons. The molecule has 0 fully saturated rings. The van der Waals surface area contributed by atoms with Crippen LogP contribution in [-0.2, 0) is 10.2 Å². The number of benzene rings is 1. The number of amides is 2. The summed E-state index contributed by atoms with van der Waals surface area (Å²) in [6.45, 7) is 10.2. The average molecular weight is 459 g/mol. The first-order valence-electron chi connectivity index (χ1n) is 10.2. The Labute approximate surface area is 190 Å². The number of carboxylic acid groups (broad SMARTS) is 1. The van der Waals surface area contributed by atoms with Crippen LogP contribution in [0.4, 0.5) is 0 Å². The summed E-state index contributed by atoms with van der Waals surface area (Å²) in [5.74, 6) is -5.41. The molecule has 1 aromatic heterocycles. The molecular formula is C23H29N3O7. The SMILES string of the molecule is CC(C)(C)NC(=O)c1c(O)c(C(=O)NCC(=O)O)c(=O)n(-c2ccc(C(C)(C)C)cc2)c1O. The normalized spacial score (nSPS) is 11.7. The van der Waals surface area contributed by atoms with E-state index in [0.29, 0.717) is 0 Å². The van der Waals surface area contributed by atoms with Crippen LogP contribution in [0.3, 0.4) is 0 Å². The van der Waals surface area contributed by atoms with Crippen molar-refractivity contribution in [1.82, 2.24) is 15.2 Å². The first-order chi connectivity index (χ1) is 15.0. The summed E-state index contributed by atoms with van der Waals surface area (Å²) in [5.41, 5.74) is -2.57. The lowest BCUT2D eigenvalue weighted by Crippen LogP contribution is -2.42. The van der Waals surface area contributed by atoms with Gasteiger partial charge in [0.1, 0.15) is 17.7 Å². The van der Waals surface area contributed by atoms with E-state index in [-0.39, 0.29) is 11.1 Å². The number of carbonyl (C=O) groups is 3. The first-order valence-corrected chi connectivity index (χ1v) is 10.2. The van der Waals surface area contributed by atoms with Crippen LogP contribution in [0, 0.1) is 0 Å². The minimum atomic E-state index is -1.37. The number of carbonyl (C=O) groups excluding carboxylic acids is 2. The Balaban J connectivity index is 2.80. The van der Waals surface area contributed by atoms with Gasteiger partial charge in [0, 0.05) is 5.54 Å². The lowest BCUT2D eigenvalue weighted by atomic mass is 9.87. The minimum Gasteiger partial charge on any atom is -0.506 e. The third-order valence-corrected chi connectivity index (χ3v) is 4.66. The number of hydrogen-bond acceptors (Lipinski definition) is 6. The van der Waals surface area contributed by atoms with Gasteiger partial charge in [-0.2, -0.15) is 0 Å². The second-order valence-electron chi connectivity index (χ2n) is 9.64. The molecule has 0 aliphatic carbocycles. The average Bonchev–Trinajstić information content (AvgIpc) is 2.64. The molecule has 5 N–H and O–H groups in total. The zero-order valence-corrected chi connectivity index (χ0v) is 19.4. The van der Waals surface area contributed by atoms with Gasteiger partial charge in [-0.15, -0.1) is 0 Å². The van der Waals surface area contributed by atoms with Crippen LogP contribution in [-0.4, -0.2) is 49.8 Å². The van der Waals surface area contributed by atoms with Crippen molar-refractivity contribution in [3.63, 3.8) is 0 Å². The van der Waals surface area contributed by atoms with Gasteiger partial charge in [0.15, 0.2) is 5.75 Å². The van der Waals surface area contributed by atoms with E-state index in [2.05, 4.69) is 5.32 Å². The van der Waals surface area contributed by atoms with Crippen LogP contribution in [0.1, 0.15) is 67.8 Å². The van der Waals surface area contributed by atoms with E-state index in [1.165, 1.54) is 12.1 Å². The summed E-state index contributed by atoms with van der Waals surface area (Å²) in [7, 11) is 0. The number of carboxylic acids is 1. The van der Waals surface area contributed by atoms with Gasteiger partial charge in [0.25, 0.3) is 17.4 Å². The van der Waals surface area contributed by atoms with Crippen molar-refractivity contribution in [2.75, 3.05) is 6.54 Å². The monoisotopic (exact) mass is 459 g/mol. The second kappa shape index (κ2) is 8.97. The second-order valence-corrected chi connectivity index (χ2v) is 9.64. The Morgan fingerprint density at radius 2 is 1.45 bits per heavy atom. The fraction of sp³-hybridized carbons (Fsp3) is 0.391. The number of nitrogens with one attached hydrogen (secondary N) is 2. The number of aliphatic carboxylic acids is 1. The van der Waals surface area contributed by atoms with E-state index in [9.17, 15) is 29.4 Å². The molecule has 0 atom stereocenters. The van der Waals surface area contributed by atoms with E-state index in [1.807, 2.05) is 26.1 Å². The van der Waals surface area contributed by atoms with Gasteiger partial charge < -0.3 is 26.0 Å². The van der Waals surface area contributed by atoms with Gasteiger partial charge in [-0.3, -0.25) is 19.2 Å². The van der Waals surface area contributed by atoms with Crippen molar-refractivity contribution in [3.05, 3.63) is 51.3 Å². The summed E-state index contributed by atoms with van der Waals surface area (Å²) in [4.78, 5) is 49.4. The molecule has 2 aromatic rings. The van der Waals surface area contributed by atoms with E-state index < -0.39 is 58.2 Å². The molecule has 10 heteroatoms. The lowest BCUT2D eigenvalue weighted by Gasteiger charge is -2.23. The van der Waals surface area contributed by atoms with Gasteiger partial charge >= 0.3 is 5.97 Å². The Morgan fingerprint density at radius 1 is 0.909 bits per heavy atom. The molecule has 178 valence electrons. The highest BCUT2D eigenvalue weighted by Gasteiger charge is 2.31. The smallest absolute Gasteiger partial charge is 0.322 e. The molecule has 1 aromatic carbocycles. The Bertz CT molecular complexity index is 1150. The van der Waals surface area contributed by atoms with E-state index in [0.717, 1.165) is 10.1 Å². The molecule has 2 amide bonds. The van der Waals surface area contributed by atoms with Gasteiger partial charge in [-0.1, -0.05) is 32.9 Å². The first kappa shape index (κ1) is 25.4. The van der Waals surface area contributed by atoms with Crippen molar-refractivity contribution >= 4 is 17.8 Å². The number of aromatic nitrogens is 1. The highest BCUT2D eigenvalue weighted by Crippen LogP contribution is 2.31. The van der Waals surface area contributed by atoms with Crippen molar-refractivity contribution in [3.8, 4) is 17.3 Å². The van der Waals surface area contributed by atoms with Crippen molar-refractivity contribution in [1.29, 1.82) is 0 Å². The third kappa shape index (κ3) is 5.71. The van der Waals surface area contributed by atoms with Gasteiger partial charge in [0.05, 0.1) is 5.69 Å². The number of pyridine rings is 1. The van der Waals surface area contributed by atoms with Crippen LogP contribution in [0.2, 0.25) is 0 Å². The van der Waals surface area contributed by atoms with Gasteiger partial charge in [-0.25, -0.2) is 4.57 Å².